The number of carbonyl (C=O) groups is 2. The number of thiophene rings is 1. The molecule has 4 N–H and O–H groups in total. The quantitative estimate of drug-likeness (QED) is 0.130. The molecule has 7 nitrogen and oxygen atoms in total. The maximum absolute atomic E-state index is 12.3. The van der Waals surface area contributed by atoms with Crippen LogP contribution in [0.15, 0.2) is 88.7 Å². The van der Waals surface area contributed by atoms with Crippen molar-refractivity contribution in [3.05, 3.63) is 99.2 Å². The van der Waals surface area contributed by atoms with Crippen LogP contribution in [0.3, 0.4) is 0 Å². The van der Waals surface area contributed by atoms with E-state index in [0.717, 1.165) is 41.7 Å². The van der Waals surface area contributed by atoms with Gasteiger partial charge in [0.25, 0.3) is 0 Å². The number of thiol groups is 1. The second kappa shape index (κ2) is 19.9. The van der Waals surface area contributed by atoms with Gasteiger partial charge in [-0.25, -0.2) is 13.6 Å². The maximum Gasteiger partial charge on any atom is 0.238 e. The Morgan fingerprint density at radius 1 is 1.02 bits per heavy atom. The fourth-order valence-electron chi connectivity index (χ4n) is 4.57. The van der Waals surface area contributed by atoms with Crippen LogP contribution >= 0.6 is 24.0 Å². The Labute approximate surface area is 266 Å². The number of hydrogen-bond donors (Lipinski definition) is 4. The average Bonchev–Trinajstić information content (AvgIpc) is 3.35. The van der Waals surface area contributed by atoms with Crippen molar-refractivity contribution in [2.45, 2.75) is 63.8 Å². The van der Waals surface area contributed by atoms with Crippen LogP contribution in [0.25, 0.3) is 11.6 Å². The summed E-state index contributed by atoms with van der Waals surface area (Å²) < 4.78 is 23.7. The van der Waals surface area contributed by atoms with E-state index in [4.69, 9.17) is 5.14 Å². The molecule has 0 aliphatic heterocycles. The predicted molar refractivity (Wildman–Crippen MR) is 183 cm³/mol. The number of allylic oxidation sites excluding steroid dienone is 6. The highest BCUT2D eigenvalue weighted by atomic mass is 32.2. The van der Waals surface area contributed by atoms with Crippen molar-refractivity contribution in [3.8, 4) is 0 Å². The Hall–Kier alpha value is -3.18. The Morgan fingerprint density at radius 3 is 2.47 bits per heavy atom. The normalized spacial score (nSPS) is 15.3. The van der Waals surface area contributed by atoms with Gasteiger partial charge in [-0.05, 0) is 60.1 Å². The Balaban J connectivity index is 0.000000340. The first-order chi connectivity index (χ1) is 20.8. The van der Waals surface area contributed by atoms with Gasteiger partial charge in [0.15, 0.2) is 0 Å². The molecule has 4 rings (SSSR count). The van der Waals surface area contributed by atoms with Crippen LogP contribution < -0.4 is 15.8 Å². The lowest BCUT2D eigenvalue weighted by Gasteiger charge is -2.20. The first-order valence-electron chi connectivity index (χ1n) is 14.5. The lowest BCUT2D eigenvalue weighted by molar-refractivity contribution is -0.125. The number of amides is 2. The van der Waals surface area contributed by atoms with E-state index < -0.39 is 10.0 Å². The number of rotatable bonds is 10. The number of primary sulfonamides is 1. The fraction of sp³-hybridized carbons (Fsp3) is 0.333. The van der Waals surface area contributed by atoms with Gasteiger partial charge in [-0.3, -0.25) is 9.59 Å². The third-order valence-electron chi connectivity index (χ3n) is 6.64. The molecule has 0 spiro atoms. The highest BCUT2D eigenvalue weighted by Gasteiger charge is 2.21. The van der Waals surface area contributed by atoms with Gasteiger partial charge in [0.05, 0.1) is 11.4 Å². The van der Waals surface area contributed by atoms with Gasteiger partial charge < -0.3 is 10.6 Å². The summed E-state index contributed by atoms with van der Waals surface area (Å²) in [7, 11) is -3.79. The molecule has 232 valence electrons. The van der Waals surface area contributed by atoms with Crippen LogP contribution in [-0.4, -0.2) is 27.3 Å². The van der Waals surface area contributed by atoms with E-state index in [2.05, 4.69) is 23.3 Å². The summed E-state index contributed by atoms with van der Waals surface area (Å²) in [5.74, 6) is 0.283. The average molecular weight is 642 g/mol. The van der Waals surface area contributed by atoms with Crippen molar-refractivity contribution in [2.24, 2.45) is 11.1 Å². The number of sulfonamides is 1. The van der Waals surface area contributed by atoms with Gasteiger partial charge in [0.1, 0.15) is 0 Å². The predicted octanol–water partition coefficient (Wildman–Crippen LogP) is 6.78. The minimum atomic E-state index is -3.79. The zero-order valence-corrected chi connectivity index (χ0v) is 27.4. The van der Waals surface area contributed by atoms with Gasteiger partial charge in [-0.15, -0.1) is 11.3 Å². The van der Waals surface area contributed by atoms with Crippen LogP contribution in [0.1, 0.15) is 67.7 Å². The van der Waals surface area contributed by atoms with Gasteiger partial charge in [-0.2, -0.15) is 12.6 Å². The van der Waals surface area contributed by atoms with Crippen molar-refractivity contribution >= 4 is 58.0 Å². The Bertz CT molecular complexity index is 1430. The van der Waals surface area contributed by atoms with Gasteiger partial charge in [0, 0.05) is 27.8 Å². The first-order valence-corrected chi connectivity index (χ1v) is 17.4. The molecular formula is C33H43N3O4S3. The van der Waals surface area contributed by atoms with E-state index in [1.807, 2.05) is 68.5 Å². The smallest absolute Gasteiger partial charge is 0.238 e. The largest absolute Gasteiger partial charge is 0.354 e. The summed E-state index contributed by atoms with van der Waals surface area (Å²) in [4.78, 5) is 24.8. The van der Waals surface area contributed by atoms with Crippen LogP contribution in [0.2, 0.25) is 0 Å². The van der Waals surface area contributed by atoms with Crippen molar-refractivity contribution in [1.82, 2.24) is 10.6 Å². The highest BCUT2D eigenvalue weighted by Crippen LogP contribution is 2.27. The first kappa shape index (κ1) is 36.0. The molecule has 2 aromatic rings. The second-order valence-corrected chi connectivity index (χ2v) is 12.6. The molecule has 2 aliphatic carbocycles. The zero-order chi connectivity index (χ0) is 31.5. The fourth-order valence-corrected chi connectivity index (χ4v) is 6.31. The molecule has 2 aliphatic rings. The minimum absolute atomic E-state index is 0.120. The van der Waals surface area contributed by atoms with E-state index in [-0.39, 0.29) is 16.7 Å². The number of carbonyl (C=O) groups excluding carboxylic acids is 2. The molecule has 43 heavy (non-hydrogen) atoms. The van der Waals surface area contributed by atoms with Crippen molar-refractivity contribution in [1.29, 1.82) is 0 Å². The van der Waals surface area contributed by atoms with Crippen molar-refractivity contribution in [3.63, 3.8) is 0 Å². The van der Waals surface area contributed by atoms with Crippen LogP contribution in [0, 0.1) is 5.92 Å². The van der Waals surface area contributed by atoms with Gasteiger partial charge >= 0.3 is 0 Å². The second-order valence-electron chi connectivity index (χ2n) is 9.60. The number of benzene rings is 1. The summed E-state index contributed by atoms with van der Waals surface area (Å²) in [6.45, 7) is 5.09. The molecule has 0 atom stereocenters. The SMILES string of the molecule is CC.NS(=O)(=O)c1ccccc1C1=CCC=C(CNC(=O)C2CCCCC2)C=C1.O=CNCc1ccc(/C=C/C=C\S)s1. The number of hydrogen-bond acceptors (Lipinski definition) is 6. The van der Waals surface area contributed by atoms with Crippen LogP contribution in [-0.2, 0) is 26.2 Å². The van der Waals surface area contributed by atoms with E-state index in [0.29, 0.717) is 31.5 Å². The molecule has 0 bridgehead atoms. The Kier molecular flexibility index (Phi) is 16.7. The number of nitrogens with two attached hydrogens (primary N) is 1. The topological polar surface area (TPSA) is 118 Å². The monoisotopic (exact) mass is 641 g/mol. The molecular weight excluding hydrogens is 599 g/mol. The number of nitrogens with one attached hydrogen (secondary N) is 2. The molecule has 1 saturated carbocycles. The standard InChI is InChI=1S/C21H26N2O3S.C10H11NOS2.C2H6/c22-27(25,26)20-12-5-4-11-19(20)17-10-6-7-16(13-14-17)15-23-21(24)18-8-2-1-3-9-18;12-8-11-7-10-5-4-9(14-10)3-1-2-6-13;1-2/h4-5,7,10-14,18H,1-3,6,8-9,15H2,(H,23,24)(H2,22,25,26);1-6,8,13H,7H2,(H,11,12);1-2H3/b;3-1+,6-2-;. The van der Waals surface area contributed by atoms with Crippen molar-refractivity contribution in [2.75, 3.05) is 6.54 Å². The molecule has 1 aromatic carbocycles. The van der Waals surface area contributed by atoms with Gasteiger partial charge in [-0.1, -0.05) is 87.8 Å². The molecule has 10 heteroatoms. The van der Waals surface area contributed by atoms with Crippen LogP contribution in [0.4, 0.5) is 0 Å². The van der Waals surface area contributed by atoms with Crippen LogP contribution in [0.5, 0.6) is 0 Å². The molecule has 0 radical (unpaired) electrons. The molecule has 1 aromatic heterocycles. The lowest BCUT2D eigenvalue weighted by atomic mass is 9.88. The van der Waals surface area contributed by atoms with Crippen molar-refractivity contribution < 1.29 is 18.0 Å². The third kappa shape index (κ3) is 12.9. The summed E-state index contributed by atoms with van der Waals surface area (Å²) in [5.41, 5.74) is 2.42. The summed E-state index contributed by atoms with van der Waals surface area (Å²) in [6, 6.07) is 10.8. The third-order valence-corrected chi connectivity index (χ3v) is 8.83. The van der Waals surface area contributed by atoms with E-state index in [9.17, 15) is 18.0 Å². The summed E-state index contributed by atoms with van der Waals surface area (Å²) in [6.07, 6.45) is 20.4. The molecule has 0 unspecified atom stereocenters. The molecule has 1 heterocycles. The summed E-state index contributed by atoms with van der Waals surface area (Å²) in [5, 5.41) is 12.7. The minimum Gasteiger partial charge on any atom is -0.354 e. The zero-order valence-electron chi connectivity index (χ0n) is 24.9. The molecule has 2 amide bonds. The lowest BCUT2D eigenvalue weighted by Crippen LogP contribution is -2.33. The van der Waals surface area contributed by atoms with E-state index in [1.54, 1.807) is 34.9 Å². The summed E-state index contributed by atoms with van der Waals surface area (Å²) >= 11 is 5.60. The highest BCUT2D eigenvalue weighted by molar-refractivity contribution is 7.89. The Morgan fingerprint density at radius 2 is 1.77 bits per heavy atom. The van der Waals surface area contributed by atoms with E-state index in [1.165, 1.54) is 17.4 Å². The maximum atomic E-state index is 12.3. The molecule has 0 saturated heterocycles. The van der Waals surface area contributed by atoms with E-state index >= 15 is 0 Å². The molecule has 1 fully saturated rings. The van der Waals surface area contributed by atoms with Gasteiger partial charge in [0.2, 0.25) is 22.3 Å².